The Morgan fingerprint density at radius 3 is 2.56 bits per heavy atom. The predicted molar refractivity (Wildman–Crippen MR) is 73.1 cm³/mol. The third kappa shape index (κ3) is 3.90. The van der Waals surface area contributed by atoms with Crippen molar-refractivity contribution in [2.24, 2.45) is 5.73 Å². The zero-order valence-corrected chi connectivity index (χ0v) is 11.5. The second-order valence-electron chi connectivity index (χ2n) is 3.90. The van der Waals surface area contributed by atoms with E-state index in [1.54, 1.807) is 13.8 Å². The van der Waals surface area contributed by atoms with Crippen LogP contribution in [0.1, 0.15) is 19.4 Å². The average molecular weight is 291 g/mol. The number of anilines is 1. The van der Waals surface area contributed by atoms with Gasteiger partial charge in [0.2, 0.25) is 0 Å². The number of halogens is 1. The molecule has 8 heteroatoms. The van der Waals surface area contributed by atoms with Crippen LogP contribution in [-0.4, -0.2) is 19.4 Å². The molecular formula is C10H14FN3O2S2. The lowest BCUT2D eigenvalue weighted by atomic mass is 10.2. The Bertz CT molecular complexity index is 558. The highest BCUT2D eigenvalue weighted by Gasteiger charge is 2.17. The zero-order chi connectivity index (χ0) is 13.9. The van der Waals surface area contributed by atoms with Crippen molar-refractivity contribution in [1.29, 1.82) is 0 Å². The number of thiocarbonyl (C=S) groups is 1. The van der Waals surface area contributed by atoms with Gasteiger partial charge in [0, 0.05) is 6.04 Å². The molecule has 0 heterocycles. The number of benzene rings is 1. The fraction of sp³-hybridized carbons (Fsp3) is 0.300. The van der Waals surface area contributed by atoms with Crippen molar-refractivity contribution in [3.8, 4) is 0 Å². The van der Waals surface area contributed by atoms with Crippen molar-refractivity contribution in [2.75, 3.05) is 4.72 Å². The van der Waals surface area contributed by atoms with E-state index in [9.17, 15) is 12.8 Å². The SMILES string of the molecule is CC(C)NS(=O)(=O)Nc1cccc(F)c1C(N)=S. The van der Waals surface area contributed by atoms with Gasteiger partial charge in [-0.25, -0.2) is 4.39 Å². The molecule has 0 bridgehead atoms. The van der Waals surface area contributed by atoms with E-state index in [4.69, 9.17) is 18.0 Å². The first-order valence-electron chi connectivity index (χ1n) is 5.11. The van der Waals surface area contributed by atoms with Crippen LogP contribution in [0.3, 0.4) is 0 Å². The number of hydrogen-bond donors (Lipinski definition) is 3. The Morgan fingerprint density at radius 2 is 2.06 bits per heavy atom. The highest BCUT2D eigenvalue weighted by molar-refractivity contribution is 7.90. The number of nitrogens with one attached hydrogen (secondary N) is 2. The highest BCUT2D eigenvalue weighted by Crippen LogP contribution is 2.19. The molecule has 4 N–H and O–H groups in total. The summed E-state index contributed by atoms with van der Waals surface area (Å²) in [6.45, 7) is 3.33. The van der Waals surface area contributed by atoms with E-state index in [1.165, 1.54) is 12.1 Å². The minimum atomic E-state index is -3.79. The topological polar surface area (TPSA) is 84.2 Å². The maximum atomic E-state index is 13.5. The highest BCUT2D eigenvalue weighted by atomic mass is 32.2. The van der Waals surface area contributed by atoms with Crippen LogP contribution in [0.15, 0.2) is 18.2 Å². The van der Waals surface area contributed by atoms with Crippen LogP contribution in [0.5, 0.6) is 0 Å². The van der Waals surface area contributed by atoms with Gasteiger partial charge in [0.05, 0.1) is 11.3 Å². The first kappa shape index (κ1) is 14.8. The average Bonchev–Trinajstić information content (AvgIpc) is 2.13. The van der Waals surface area contributed by atoms with Crippen molar-refractivity contribution in [1.82, 2.24) is 4.72 Å². The molecule has 0 spiro atoms. The first-order valence-corrected chi connectivity index (χ1v) is 7.00. The van der Waals surface area contributed by atoms with Gasteiger partial charge in [-0.2, -0.15) is 13.1 Å². The van der Waals surface area contributed by atoms with Crippen LogP contribution in [0.2, 0.25) is 0 Å². The fourth-order valence-corrected chi connectivity index (χ4v) is 2.69. The summed E-state index contributed by atoms with van der Waals surface area (Å²) in [5.41, 5.74) is 5.26. The van der Waals surface area contributed by atoms with Crippen LogP contribution in [0, 0.1) is 5.82 Å². The van der Waals surface area contributed by atoms with Gasteiger partial charge >= 0.3 is 0 Å². The molecule has 0 unspecified atom stereocenters. The van der Waals surface area contributed by atoms with Crippen molar-refractivity contribution in [2.45, 2.75) is 19.9 Å². The summed E-state index contributed by atoms with van der Waals surface area (Å²) >= 11 is 4.70. The molecular weight excluding hydrogens is 277 g/mol. The third-order valence-corrected chi connectivity index (χ3v) is 3.37. The molecule has 1 rings (SSSR count). The Labute approximate surface area is 111 Å². The van der Waals surface area contributed by atoms with E-state index in [-0.39, 0.29) is 22.3 Å². The molecule has 0 aliphatic rings. The molecule has 18 heavy (non-hydrogen) atoms. The zero-order valence-electron chi connectivity index (χ0n) is 9.90. The van der Waals surface area contributed by atoms with Crippen LogP contribution < -0.4 is 15.2 Å². The van der Waals surface area contributed by atoms with Crippen LogP contribution in [0.4, 0.5) is 10.1 Å². The van der Waals surface area contributed by atoms with E-state index in [0.717, 1.165) is 6.07 Å². The normalized spacial score (nSPS) is 11.6. The number of hydrogen-bond acceptors (Lipinski definition) is 3. The van der Waals surface area contributed by atoms with E-state index in [1.807, 2.05) is 0 Å². The molecule has 5 nitrogen and oxygen atoms in total. The quantitative estimate of drug-likeness (QED) is 0.710. The van der Waals surface area contributed by atoms with Crippen molar-refractivity contribution in [3.63, 3.8) is 0 Å². The maximum absolute atomic E-state index is 13.5. The molecule has 100 valence electrons. The minimum absolute atomic E-state index is 0.00986. The second kappa shape index (κ2) is 5.59. The number of nitrogens with two attached hydrogens (primary N) is 1. The van der Waals surface area contributed by atoms with Gasteiger partial charge in [-0.3, -0.25) is 4.72 Å². The van der Waals surface area contributed by atoms with Gasteiger partial charge in [0.15, 0.2) is 0 Å². The largest absolute Gasteiger partial charge is 0.389 e. The van der Waals surface area contributed by atoms with Crippen LogP contribution in [-0.2, 0) is 10.2 Å². The monoisotopic (exact) mass is 291 g/mol. The Kier molecular flexibility index (Phi) is 4.60. The third-order valence-electron chi connectivity index (χ3n) is 1.90. The summed E-state index contributed by atoms with van der Waals surface area (Å²) in [6, 6.07) is 3.62. The molecule has 0 radical (unpaired) electrons. The Morgan fingerprint density at radius 1 is 1.44 bits per heavy atom. The maximum Gasteiger partial charge on any atom is 0.299 e. The first-order chi connectivity index (χ1) is 8.23. The fourth-order valence-electron chi connectivity index (χ4n) is 1.34. The molecule has 0 fully saturated rings. The van der Waals surface area contributed by atoms with E-state index < -0.39 is 16.0 Å². The summed E-state index contributed by atoms with van der Waals surface area (Å²) in [6.07, 6.45) is 0. The molecule has 0 aliphatic carbocycles. The predicted octanol–water partition coefficient (Wildman–Crippen LogP) is 1.11. The molecule has 0 atom stereocenters. The van der Waals surface area contributed by atoms with Gasteiger partial charge in [-0.1, -0.05) is 18.3 Å². The standard InChI is InChI=1S/C10H14FN3O2S2/c1-6(2)13-18(15,16)14-8-5-3-4-7(11)9(8)10(12)17/h3-6,13-14H,1-2H3,(H2,12,17). The van der Waals surface area contributed by atoms with Crippen molar-refractivity contribution >= 4 is 33.1 Å². The lowest BCUT2D eigenvalue weighted by molar-refractivity contribution is 0.575. The van der Waals surface area contributed by atoms with Gasteiger partial charge in [0.1, 0.15) is 10.8 Å². The summed E-state index contributed by atoms with van der Waals surface area (Å²) in [4.78, 5) is -0.213. The van der Waals surface area contributed by atoms with Gasteiger partial charge in [0.25, 0.3) is 10.2 Å². The molecule has 0 amide bonds. The summed E-state index contributed by atoms with van der Waals surface area (Å²) < 4.78 is 41.4. The lowest BCUT2D eigenvalue weighted by Gasteiger charge is -2.14. The van der Waals surface area contributed by atoms with Crippen molar-refractivity contribution in [3.05, 3.63) is 29.6 Å². The summed E-state index contributed by atoms with van der Waals surface area (Å²) in [5, 5.41) is 0. The minimum Gasteiger partial charge on any atom is -0.389 e. The van der Waals surface area contributed by atoms with Crippen LogP contribution in [0.25, 0.3) is 0 Å². The van der Waals surface area contributed by atoms with Gasteiger partial charge in [-0.05, 0) is 26.0 Å². The Hall–Kier alpha value is -1.25. The summed E-state index contributed by atoms with van der Waals surface area (Å²) in [5.74, 6) is -0.674. The van der Waals surface area contributed by atoms with Crippen LogP contribution >= 0.6 is 12.2 Å². The van der Waals surface area contributed by atoms with Crippen molar-refractivity contribution < 1.29 is 12.8 Å². The number of rotatable bonds is 5. The molecule has 1 aromatic rings. The molecule has 0 aliphatic heterocycles. The van der Waals surface area contributed by atoms with Gasteiger partial charge in [-0.15, -0.1) is 0 Å². The molecule has 1 aromatic carbocycles. The van der Waals surface area contributed by atoms with E-state index >= 15 is 0 Å². The second-order valence-corrected chi connectivity index (χ2v) is 5.79. The van der Waals surface area contributed by atoms with E-state index in [2.05, 4.69) is 9.44 Å². The molecule has 0 aromatic heterocycles. The molecule has 0 saturated heterocycles. The molecule has 0 saturated carbocycles. The van der Waals surface area contributed by atoms with E-state index in [0.29, 0.717) is 0 Å². The van der Waals surface area contributed by atoms with Gasteiger partial charge < -0.3 is 5.73 Å². The smallest absolute Gasteiger partial charge is 0.299 e. The lowest BCUT2D eigenvalue weighted by Crippen LogP contribution is -2.35. The summed E-state index contributed by atoms with van der Waals surface area (Å²) in [7, 11) is -3.79. The Balaban J connectivity index is 3.13.